The van der Waals surface area contributed by atoms with E-state index in [1.807, 2.05) is 6.92 Å². The second kappa shape index (κ2) is 3.01. The molecule has 0 radical (unpaired) electrons. The average molecular weight is 142 g/mol. The zero-order valence-electron chi connectivity index (χ0n) is 6.48. The highest BCUT2D eigenvalue weighted by Gasteiger charge is 2.17. The minimum Gasteiger partial charge on any atom is -0.354 e. The Hall–Kier alpha value is -0.570. The van der Waals surface area contributed by atoms with Crippen LogP contribution in [0.15, 0.2) is 0 Å². The third-order valence-electron chi connectivity index (χ3n) is 1.79. The molecular formula is C7H14N2O. The summed E-state index contributed by atoms with van der Waals surface area (Å²) in [6.07, 6.45) is 0. The maximum absolute atomic E-state index is 11.0. The largest absolute Gasteiger partial charge is 0.354 e. The molecule has 0 unspecified atom stereocenters. The Balaban J connectivity index is 2.46. The first-order valence-corrected chi connectivity index (χ1v) is 3.71. The quantitative estimate of drug-likeness (QED) is 0.489. The number of nitrogens with one attached hydrogen (secondary N) is 2. The van der Waals surface area contributed by atoms with Crippen molar-refractivity contribution in [3.63, 3.8) is 0 Å². The number of carbonyl (C=O) groups is 1. The van der Waals surface area contributed by atoms with Crippen molar-refractivity contribution in [3.8, 4) is 0 Å². The molecule has 1 aliphatic rings. The van der Waals surface area contributed by atoms with Crippen molar-refractivity contribution in [3.05, 3.63) is 0 Å². The second-order valence-electron chi connectivity index (χ2n) is 2.98. The fraction of sp³-hybridized carbons (Fsp3) is 0.857. The molecule has 1 amide bonds. The Bertz CT molecular complexity index is 136. The first-order chi connectivity index (χ1) is 4.70. The molecule has 3 heteroatoms. The number of carbonyl (C=O) groups excluding carboxylic acids is 1. The van der Waals surface area contributed by atoms with Gasteiger partial charge in [0.15, 0.2) is 0 Å². The van der Waals surface area contributed by atoms with E-state index in [1.165, 1.54) is 0 Å². The lowest BCUT2D eigenvalue weighted by molar-refractivity contribution is -0.122. The summed E-state index contributed by atoms with van der Waals surface area (Å²) < 4.78 is 0. The third kappa shape index (κ3) is 1.70. The molecule has 0 spiro atoms. The lowest BCUT2D eigenvalue weighted by atomic mass is 10.2. The molecule has 58 valence electrons. The van der Waals surface area contributed by atoms with Crippen molar-refractivity contribution in [1.29, 1.82) is 0 Å². The topological polar surface area (TPSA) is 41.1 Å². The van der Waals surface area contributed by atoms with Gasteiger partial charge in [0.2, 0.25) is 5.91 Å². The van der Waals surface area contributed by atoms with E-state index in [0.29, 0.717) is 5.92 Å². The van der Waals surface area contributed by atoms with Gasteiger partial charge in [0.05, 0.1) is 6.04 Å². The summed E-state index contributed by atoms with van der Waals surface area (Å²) in [6, 6.07) is -0.0232. The van der Waals surface area contributed by atoms with Crippen molar-refractivity contribution in [1.82, 2.24) is 10.6 Å². The molecule has 0 bridgehead atoms. The Morgan fingerprint density at radius 1 is 1.40 bits per heavy atom. The molecule has 0 aromatic rings. The standard InChI is InChI=1S/C7H14N2O/c1-5-3-8-6(2)7(10)9-4-5/h5-6,8H,3-4H2,1-2H3,(H,9,10)/t5-,6+/m0/s1. The average Bonchev–Trinajstić information content (AvgIpc) is 2.04. The van der Waals surface area contributed by atoms with E-state index in [9.17, 15) is 4.79 Å². The summed E-state index contributed by atoms with van der Waals surface area (Å²) in [7, 11) is 0. The number of rotatable bonds is 0. The van der Waals surface area contributed by atoms with Crippen LogP contribution in [0.2, 0.25) is 0 Å². The summed E-state index contributed by atoms with van der Waals surface area (Å²) in [5.74, 6) is 0.665. The first kappa shape index (κ1) is 7.54. The normalized spacial score (nSPS) is 34.8. The monoisotopic (exact) mass is 142 g/mol. The van der Waals surface area contributed by atoms with Crippen LogP contribution in [0.1, 0.15) is 13.8 Å². The highest BCUT2D eigenvalue weighted by molar-refractivity contribution is 5.81. The lowest BCUT2D eigenvalue weighted by Crippen LogP contribution is -2.38. The first-order valence-electron chi connectivity index (χ1n) is 3.71. The van der Waals surface area contributed by atoms with E-state index in [4.69, 9.17) is 0 Å². The Morgan fingerprint density at radius 2 is 2.10 bits per heavy atom. The molecule has 1 fully saturated rings. The van der Waals surface area contributed by atoms with Gasteiger partial charge in [-0.3, -0.25) is 4.79 Å². The van der Waals surface area contributed by atoms with Gasteiger partial charge in [-0.2, -0.15) is 0 Å². The maximum atomic E-state index is 11.0. The van der Waals surface area contributed by atoms with Crippen molar-refractivity contribution in [2.75, 3.05) is 13.1 Å². The van der Waals surface area contributed by atoms with E-state index in [0.717, 1.165) is 13.1 Å². The lowest BCUT2D eigenvalue weighted by Gasteiger charge is -2.06. The fourth-order valence-electron chi connectivity index (χ4n) is 0.971. The van der Waals surface area contributed by atoms with Gasteiger partial charge in [-0.15, -0.1) is 0 Å². The van der Waals surface area contributed by atoms with E-state index < -0.39 is 0 Å². The molecule has 1 aliphatic heterocycles. The minimum atomic E-state index is -0.0232. The fourth-order valence-corrected chi connectivity index (χ4v) is 0.971. The molecular weight excluding hydrogens is 128 g/mol. The van der Waals surface area contributed by atoms with E-state index in [2.05, 4.69) is 17.6 Å². The minimum absolute atomic E-state index is 0.0232. The summed E-state index contributed by atoms with van der Waals surface area (Å²) in [5, 5.41) is 5.97. The summed E-state index contributed by atoms with van der Waals surface area (Å²) >= 11 is 0. The van der Waals surface area contributed by atoms with Gasteiger partial charge in [-0.1, -0.05) is 6.92 Å². The Labute approximate surface area is 61.2 Å². The van der Waals surface area contributed by atoms with Gasteiger partial charge in [-0.25, -0.2) is 0 Å². The van der Waals surface area contributed by atoms with E-state index in [-0.39, 0.29) is 11.9 Å². The summed E-state index contributed by atoms with van der Waals surface area (Å²) in [4.78, 5) is 11.0. The Kier molecular flexibility index (Phi) is 2.27. The van der Waals surface area contributed by atoms with E-state index >= 15 is 0 Å². The molecule has 0 aliphatic carbocycles. The predicted molar refractivity (Wildman–Crippen MR) is 39.6 cm³/mol. The van der Waals surface area contributed by atoms with Gasteiger partial charge >= 0.3 is 0 Å². The van der Waals surface area contributed by atoms with Crippen LogP contribution < -0.4 is 10.6 Å². The Morgan fingerprint density at radius 3 is 2.80 bits per heavy atom. The molecule has 0 aromatic carbocycles. The smallest absolute Gasteiger partial charge is 0.236 e. The maximum Gasteiger partial charge on any atom is 0.236 e. The molecule has 0 saturated carbocycles. The molecule has 1 rings (SSSR count). The molecule has 1 heterocycles. The van der Waals surface area contributed by atoms with Gasteiger partial charge < -0.3 is 10.6 Å². The zero-order chi connectivity index (χ0) is 7.56. The van der Waals surface area contributed by atoms with Gasteiger partial charge in [0.1, 0.15) is 0 Å². The number of hydrogen-bond acceptors (Lipinski definition) is 2. The molecule has 2 N–H and O–H groups in total. The highest BCUT2D eigenvalue weighted by Crippen LogP contribution is 1.96. The van der Waals surface area contributed by atoms with Gasteiger partial charge in [-0.05, 0) is 12.8 Å². The van der Waals surface area contributed by atoms with Crippen molar-refractivity contribution in [2.45, 2.75) is 19.9 Å². The van der Waals surface area contributed by atoms with Crippen LogP contribution in [0, 0.1) is 5.92 Å². The van der Waals surface area contributed by atoms with Crippen LogP contribution in [0.3, 0.4) is 0 Å². The molecule has 3 nitrogen and oxygen atoms in total. The molecule has 2 atom stereocenters. The van der Waals surface area contributed by atoms with Crippen LogP contribution in [-0.4, -0.2) is 25.0 Å². The van der Waals surface area contributed by atoms with Crippen LogP contribution in [0.25, 0.3) is 0 Å². The second-order valence-corrected chi connectivity index (χ2v) is 2.98. The van der Waals surface area contributed by atoms with Gasteiger partial charge in [0, 0.05) is 13.1 Å². The van der Waals surface area contributed by atoms with Crippen LogP contribution in [0.5, 0.6) is 0 Å². The summed E-state index contributed by atoms with van der Waals surface area (Å²) in [5.41, 5.74) is 0. The predicted octanol–water partition coefficient (Wildman–Crippen LogP) is -0.270. The van der Waals surface area contributed by atoms with Crippen molar-refractivity contribution < 1.29 is 4.79 Å². The highest BCUT2D eigenvalue weighted by atomic mass is 16.2. The third-order valence-corrected chi connectivity index (χ3v) is 1.79. The SMILES string of the molecule is C[C@@H]1CNC(=O)[C@@H](C)NC1. The van der Waals surface area contributed by atoms with Crippen molar-refractivity contribution >= 4 is 5.91 Å². The zero-order valence-corrected chi connectivity index (χ0v) is 6.48. The molecule has 0 aromatic heterocycles. The summed E-state index contributed by atoms with van der Waals surface area (Å²) in [6.45, 7) is 5.73. The van der Waals surface area contributed by atoms with Gasteiger partial charge in [0.25, 0.3) is 0 Å². The van der Waals surface area contributed by atoms with Crippen LogP contribution in [-0.2, 0) is 4.79 Å². The van der Waals surface area contributed by atoms with E-state index in [1.54, 1.807) is 0 Å². The number of hydrogen-bond donors (Lipinski definition) is 2. The van der Waals surface area contributed by atoms with Crippen molar-refractivity contribution in [2.24, 2.45) is 5.92 Å². The van der Waals surface area contributed by atoms with Crippen LogP contribution >= 0.6 is 0 Å². The number of amides is 1. The molecule has 1 saturated heterocycles. The van der Waals surface area contributed by atoms with Crippen LogP contribution in [0.4, 0.5) is 0 Å². The molecule has 10 heavy (non-hydrogen) atoms.